The summed E-state index contributed by atoms with van der Waals surface area (Å²) in [6, 6.07) is 7.87. The molecule has 0 atom stereocenters. The lowest BCUT2D eigenvalue weighted by Crippen LogP contribution is -2.43. The minimum Gasteiger partial charge on any atom is -0.361 e. The van der Waals surface area contributed by atoms with E-state index < -0.39 is 0 Å². The van der Waals surface area contributed by atoms with Crippen LogP contribution in [0.5, 0.6) is 0 Å². The first-order valence-electron chi connectivity index (χ1n) is 6.92. The van der Waals surface area contributed by atoms with Crippen LogP contribution in [-0.4, -0.2) is 28.9 Å². The molecule has 1 N–H and O–H groups in total. The Kier molecular flexibility index (Phi) is 2.85. The van der Waals surface area contributed by atoms with E-state index in [0.29, 0.717) is 0 Å². The van der Waals surface area contributed by atoms with E-state index in [1.807, 2.05) is 35.4 Å². The van der Waals surface area contributed by atoms with Crippen LogP contribution in [0.25, 0.3) is 10.9 Å². The topological polar surface area (TPSA) is 36.1 Å². The van der Waals surface area contributed by atoms with Gasteiger partial charge in [-0.25, -0.2) is 0 Å². The zero-order valence-corrected chi connectivity index (χ0v) is 11.6. The first-order valence-corrected chi connectivity index (χ1v) is 6.92. The Hall–Kier alpha value is -1.77. The molecule has 100 valence electrons. The predicted octanol–water partition coefficient (Wildman–Crippen LogP) is 3.43. The summed E-state index contributed by atoms with van der Waals surface area (Å²) >= 11 is 0. The molecular formula is C16H20N2O. The molecular weight excluding hydrogens is 236 g/mol. The summed E-state index contributed by atoms with van der Waals surface area (Å²) in [6.07, 6.45) is 4.19. The summed E-state index contributed by atoms with van der Waals surface area (Å²) in [7, 11) is 0. The first kappa shape index (κ1) is 12.3. The number of aromatic nitrogens is 1. The third kappa shape index (κ3) is 2.25. The van der Waals surface area contributed by atoms with Crippen molar-refractivity contribution in [2.24, 2.45) is 5.41 Å². The second-order valence-corrected chi connectivity index (χ2v) is 6.24. The van der Waals surface area contributed by atoms with Gasteiger partial charge in [0.05, 0.1) is 0 Å². The lowest BCUT2D eigenvalue weighted by atomic mass is 9.84. The van der Waals surface area contributed by atoms with Crippen LogP contribution in [0.4, 0.5) is 0 Å². The van der Waals surface area contributed by atoms with Gasteiger partial charge in [0.2, 0.25) is 0 Å². The third-order valence-corrected chi connectivity index (χ3v) is 4.01. The van der Waals surface area contributed by atoms with E-state index in [9.17, 15) is 4.79 Å². The van der Waals surface area contributed by atoms with Gasteiger partial charge in [-0.3, -0.25) is 4.79 Å². The molecule has 0 aliphatic carbocycles. The average molecular weight is 256 g/mol. The van der Waals surface area contributed by atoms with Gasteiger partial charge >= 0.3 is 0 Å². The zero-order valence-electron chi connectivity index (χ0n) is 11.6. The maximum Gasteiger partial charge on any atom is 0.254 e. The van der Waals surface area contributed by atoms with Gasteiger partial charge in [-0.2, -0.15) is 0 Å². The van der Waals surface area contributed by atoms with Gasteiger partial charge in [0, 0.05) is 35.8 Å². The zero-order chi connectivity index (χ0) is 13.5. The van der Waals surface area contributed by atoms with Gasteiger partial charge in [-0.05, 0) is 36.5 Å². The molecule has 0 unspecified atom stereocenters. The highest BCUT2D eigenvalue weighted by Crippen LogP contribution is 2.30. The van der Waals surface area contributed by atoms with Crippen LogP contribution in [0, 0.1) is 5.41 Å². The number of likely N-dealkylation sites (tertiary alicyclic amines) is 1. The molecule has 3 heteroatoms. The van der Waals surface area contributed by atoms with Gasteiger partial charge in [0.1, 0.15) is 0 Å². The van der Waals surface area contributed by atoms with Gasteiger partial charge in [-0.15, -0.1) is 0 Å². The second kappa shape index (κ2) is 4.41. The molecule has 0 radical (unpaired) electrons. The minimum absolute atomic E-state index is 0.165. The van der Waals surface area contributed by atoms with Crippen molar-refractivity contribution in [2.45, 2.75) is 26.7 Å². The Bertz CT molecular complexity index is 612. The number of nitrogens with one attached hydrogen (secondary N) is 1. The van der Waals surface area contributed by atoms with Gasteiger partial charge in [-0.1, -0.05) is 19.9 Å². The predicted molar refractivity (Wildman–Crippen MR) is 77.2 cm³/mol. The molecule has 2 heterocycles. The number of H-pyrrole nitrogens is 1. The van der Waals surface area contributed by atoms with Gasteiger partial charge in [0.15, 0.2) is 0 Å². The number of amides is 1. The van der Waals surface area contributed by atoms with Crippen molar-refractivity contribution in [1.29, 1.82) is 0 Å². The van der Waals surface area contributed by atoms with E-state index in [1.165, 1.54) is 6.42 Å². The van der Waals surface area contributed by atoms with Crippen LogP contribution in [-0.2, 0) is 0 Å². The molecule has 1 fully saturated rings. The molecule has 1 aliphatic heterocycles. The maximum absolute atomic E-state index is 12.7. The summed E-state index contributed by atoms with van der Waals surface area (Å²) in [5.41, 5.74) is 2.08. The molecule has 0 saturated carbocycles. The SMILES string of the molecule is CC1(C)CCCN(C(=O)c2cccc3[nH]ccc23)C1. The fraction of sp³-hybridized carbons (Fsp3) is 0.438. The van der Waals surface area contributed by atoms with Crippen LogP contribution in [0.3, 0.4) is 0 Å². The van der Waals surface area contributed by atoms with Crippen LogP contribution in [0.1, 0.15) is 37.0 Å². The van der Waals surface area contributed by atoms with Crippen molar-refractivity contribution in [3.8, 4) is 0 Å². The number of hydrogen-bond donors (Lipinski definition) is 1. The summed E-state index contributed by atoms with van der Waals surface area (Å²) < 4.78 is 0. The number of fused-ring (bicyclic) bond motifs is 1. The standard InChI is InChI=1S/C16H20N2O/c1-16(2)8-4-10-18(11-16)15(19)13-5-3-6-14-12(13)7-9-17-14/h3,5-7,9,17H,4,8,10-11H2,1-2H3. The molecule has 1 aromatic heterocycles. The van der Waals surface area contributed by atoms with E-state index in [4.69, 9.17) is 0 Å². The Morgan fingerprint density at radius 2 is 2.16 bits per heavy atom. The van der Waals surface area contributed by atoms with Crippen molar-refractivity contribution in [1.82, 2.24) is 9.88 Å². The fourth-order valence-corrected chi connectivity index (χ4v) is 3.04. The minimum atomic E-state index is 0.165. The summed E-state index contributed by atoms with van der Waals surface area (Å²) in [5.74, 6) is 0.165. The van der Waals surface area contributed by atoms with Crippen LogP contribution in [0.2, 0.25) is 0 Å². The van der Waals surface area contributed by atoms with Crippen molar-refractivity contribution < 1.29 is 4.79 Å². The molecule has 19 heavy (non-hydrogen) atoms. The average Bonchev–Trinajstić information content (AvgIpc) is 2.84. The third-order valence-electron chi connectivity index (χ3n) is 4.01. The lowest BCUT2D eigenvalue weighted by molar-refractivity contribution is 0.0585. The lowest BCUT2D eigenvalue weighted by Gasteiger charge is -2.38. The van der Waals surface area contributed by atoms with Crippen LogP contribution in [0.15, 0.2) is 30.5 Å². The van der Waals surface area contributed by atoms with Crippen molar-refractivity contribution in [3.05, 3.63) is 36.0 Å². The Labute approximate surface area is 113 Å². The van der Waals surface area contributed by atoms with E-state index in [2.05, 4.69) is 18.8 Å². The monoisotopic (exact) mass is 256 g/mol. The summed E-state index contributed by atoms with van der Waals surface area (Å²) in [5, 5.41) is 1.02. The van der Waals surface area contributed by atoms with Crippen molar-refractivity contribution in [3.63, 3.8) is 0 Å². The molecule has 2 aromatic rings. The van der Waals surface area contributed by atoms with E-state index in [1.54, 1.807) is 0 Å². The molecule has 1 aliphatic rings. The number of hydrogen-bond acceptors (Lipinski definition) is 1. The van der Waals surface area contributed by atoms with E-state index in [-0.39, 0.29) is 11.3 Å². The molecule has 3 nitrogen and oxygen atoms in total. The molecule has 1 saturated heterocycles. The number of carbonyl (C=O) groups excluding carboxylic acids is 1. The smallest absolute Gasteiger partial charge is 0.254 e. The van der Waals surface area contributed by atoms with Gasteiger partial charge in [0.25, 0.3) is 5.91 Å². The van der Waals surface area contributed by atoms with E-state index >= 15 is 0 Å². The normalized spacial score (nSPS) is 18.7. The molecule has 1 aromatic carbocycles. The number of benzene rings is 1. The first-order chi connectivity index (χ1) is 9.07. The highest BCUT2D eigenvalue weighted by molar-refractivity contribution is 6.06. The molecule has 3 rings (SSSR count). The van der Waals surface area contributed by atoms with Crippen molar-refractivity contribution in [2.75, 3.05) is 13.1 Å². The summed E-state index contributed by atoms with van der Waals surface area (Å²) in [6.45, 7) is 6.21. The molecule has 0 spiro atoms. The Balaban J connectivity index is 1.93. The van der Waals surface area contributed by atoms with E-state index in [0.717, 1.165) is 36.0 Å². The molecule has 1 amide bonds. The van der Waals surface area contributed by atoms with Gasteiger partial charge < -0.3 is 9.88 Å². The highest BCUT2D eigenvalue weighted by atomic mass is 16.2. The number of nitrogens with zero attached hydrogens (tertiary/aromatic N) is 1. The Morgan fingerprint density at radius 3 is 2.95 bits per heavy atom. The largest absolute Gasteiger partial charge is 0.361 e. The maximum atomic E-state index is 12.7. The molecule has 0 bridgehead atoms. The highest BCUT2D eigenvalue weighted by Gasteiger charge is 2.30. The number of rotatable bonds is 1. The fourth-order valence-electron chi connectivity index (χ4n) is 3.04. The quantitative estimate of drug-likeness (QED) is 0.833. The van der Waals surface area contributed by atoms with Crippen molar-refractivity contribution >= 4 is 16.8 Å². The summed E-state index contributed by atoms with van der Waals surface area (Å²) in [4.78, 5) is 17.9. The number of piperidine rings is 1. The number of aromatic amines is 1. The van der Waals surface area contributed by atoms with Crippen LogP contribution >= 0.6 is 0 Å². The second-order valence-electron chi connectivity index (χ2n) is 6.24. The van der Waals surface area contributed by atoms with Crippen LogP contribution < -0.4 is 0 Å². The number of carbonyl (C=O) groups is 1. The Morgan fingerprint density at radius 1 is 1.32 bits per heavy atom.